The van der Waals surface area contributed by atoms with Gasteiger partial charge in [-0.05, 0) is 23.3 Å². The van der Waals surface area contributed by atoms with Crippen molar-refractivity contribution in [2.75, 3.05) is 5.32 Å². The molecule has 0 spiro atoms. The van der Waals surface area contributed by atoms with Gasteiger partial charge in [-0.3, -0.25) is 4.79 Å². The molecule has 0 radical (unpaired) electrons. The third-order valence-corrected chi connectivity index (χ3v) is 6.51. The Morgan fingerprint density at radius 3 is 2.33 bits per heavy atom. The lowest BCUT2D eigenvalue weighted by molar-refractivity contribution is -0.276. The van der Waals surface area contributed by atoms with E-state index in [1.165, 1.54) is 6.92 Å². The Labute approximate surface area is 202 Å². The number of aliphatic hydroxyl groups is 1. The molecule has 33 heavy (non-hydrogen) atoms. The second-order valence-electron chi connectivity index (χ2n) is 8.10. The van der Waals surface area contributed by atoms with Crippen LogP contribution in [0.1, 0.15) is 42.9 Å². The number of aromatic nitrogens is 2. The second-order valence-corrected chi connectivity index (χ2v) is 8.82. The van der Waals surface area contributed by atoms with Crippen molar-refractivity contribution in [2.45, 2.75) is 45.5 Å². The minimum absolute atomic E-state index is 0.0166. The first-order chi connectivity index (χ1) is 15.9. The number of hydrogen-bond acceptors (Lipinski definition) is 5. The van der Waals surface area contributed by atoms with Crippen LogP contribution in [0.3, 0.4) is 0 Å². The third-order valence-electron chi connectivity index (χ3n) is 5.74. The van der Waals surface area contributed by atoms with Crippen molar-refractivity contribution in [1.82, 2.24) is 9.55 Å². The van der Waals surface area contributed by atoms with Gasteiger partial charge in [0.15, 0.2) is 11.4 Å². The lowest BCUT2D eigenvalue weighted by Crippen LogP contribution is -2.39. The molecule has 2 heterocycles. The molecule has 4 atom stereocenters. The minimum atomic E-state index is -0.627. The quantitative estimate of drug-likeness (QED) is 0.500. The molecule has 1 aliphatic heterocycles. The summed E-state index contributed by atoms with van der Waals surface area (Å²) in [5, 5.41) is 12.8. The van der Waals surface area contributed by atoms with Gasteiger partial charge in [-0.1, -0.05) is 66.5 Å². The van der Waals surface area contributed by atoms with Crippen LogP contribution >= 0.6 is 23.2 Å². The van der Waals surface area contributed by atoms with Crippen molar-refractivity contribution in [1.29, 1.82) is 0 Å². The first kappa shape index (κ1) is 23.7. The number of halogens is 2. The lowest BCUT2D eigenvalue weighted by Gasteiger charge is -2.41. The number of rotatable bonds is 6. The van der Waals surface area contributed by atoms with E-state index in [0.29, 0.717) is 17.4 Å². The van der Waals surface area contributed by atoms with Crippen molar-refractivity contribution in [3.63, 3.8) is 0 Å². The van der Waals surface area contributed by atoms with Crippen LogP contribution in [0, 0.1) is 5.92 Å². The van der Waals surface area contributed by atoms with E-state index < -0.39 is 6.29 Å². The van der Waals surface area contributed by atoms with Gasteiger partial charge in [-0.15, -0.1) is 0 Å². The number of benzene rings is 2. The zero-order valence-corrected chi connectivity index (χ0v) is 19.8. The van der Waals surface area contributed by atoms with E-state index in [-0.39, 0.29) is 35.8 Å². The first-order valence-corrected chi connectivity index (χ1v) is 11.4. The molecule has 4 rings (SSSR count). The Morgan fingerprint density at radius 2 is 1.76 bits per heavy atom. The van der Waals surface area contributed by atoms with Crippen molar-refractivity contribution < 1.29 is 19.4 Å². The third kappa shape index (κ3) is 5.39. The fourth-order valence-corrected chi connectivity index (χ4v) is 4.23. The summed E-state index contributed by atoms with van der Waals surface area (Å²) in [4.78, 5) is 15.4. The Balaban J connectivity index is 1.63. The molecule has 1 fully saturated rings. The zero-order valence-electron chi connectivity index (χ0n) is 18.2. The van der Waals surface area contributed by atoms with Crippen LogP contribution in [-0.4, -0.2) is 26.7 Å². The van der Waals surface area contributed by atoms with Crippen molar-refractivity contribution in [3.8, 4) is 0 Å². The molecule has 0 unspecified atom stereocenters. The van der Waals surface area contributed by atoms with E-state index >= 15 is 0 Å². The van der Waals surface area contributed by atoms with Gasteiger partial charge in [-0.25, -0.2) is 4.98 Å². The van der Waals surface area contributed by atoms with Gasteiger partial charge in [0.1, 0.15) is 5.15 Å². The second kappa shape index (κ2) is 10.2. The fraction of sp³-hybridized carbons (Fsp3) is 0.333. The Hall–Kier alpha value is -2.42. The van der Waals surface area contributed by atoms with E-state index in [1.54, 1.807) is 10.9 Å². The molecule has 1 aliphatic rings. The Morgan fingerprint density at radius 1 is 1.09 bits per heavy atom. The highest BCUT2D eigenvalue weighted by Crippen LogP contribution is 2.42. The molecule has 2 aromatic carbocycles. The number of ether oxygens (including phenoxy) is 2. The Kier molecular flexibility index (Phi) is 7.36. The van der Waals surface area contributed by atoms with E-state index in [2.05, 4.69) is 17.2 Å². The number of amides is 1. The number of imidazole rings is 1. The van der Waals surface area contributed by atoms with Crippen molar-refractivity contribution in [2.24, 2.45) is 5.92 Å². The van der Waals surface area contributed by atoms with Crippen LogP contribution < -0.4 is 5.32 Å². The fourth-order valence-electron chi connectivity index (χ4n) is 3.92. The number of nitrogens with one attached hydrogen (secondary N) is 1. The zero-order chi connectivity index (χ0) is 23.5. The van der Waals surface area contributed by atoms with Crippen molar-refractivity contribution in [3.05, 3.63) is 81.9 Å². The largest absolute Gasteiger partial charge is 0.392 e. The summed E-state index contributed by atoms with van der Waals surface area (Å²) in [6.07, 6.45) is 0.467. The molecule has 1 saturated heterocycles. The average molecular weight is 490 g/mol. The molecule has 0 saturated carbocycles. The molecular weight excluding hydrogens is 465 g/mol. The number of aliphatic hydroxyl groups excluding tert-OH is 1. The SMILES string of the molecule is CC(=O)Nc1ccc([C@@H]2O[C@H](Cn3cnc(Cl)c3Cl)[C@H](C)[C@H](c3ccc(CO)cc3)O2)cc1. The average Bonchev–Trinajstić information content (AvgIpc) is 3.13. The summed E-state index contributed by atoms with van der Waals surface area (Å²) >= 11 is 12.3. The smallest absolute Gasteiger partial charge is 0.221 e. The van der Waals surface area contributed by atoms with E-state index in [0.717, 1.165) is 16.7 Å². The van der Waals surface area contributed by atoms with Gasteiger partial charge in [0.05, 0.1) is 31.7 Å². The summed E-state index contributed by atoms with van der Waals surface area (Å²) in [6.45, 7) is 3.97. The minimum Gasteiger partial charge on any atom is -0.392 e. The molecule has 1 amide bonds. The maximum Gasteiger partial charge on any atom is 0.221 e. The number of carbonyl (C=O) groups is 1. The number of carbonyl (C=O) groups excluding carboxylic acids is 1. The Bertz CT molecular complexity index is 1100. The van der Waals surface area contributed by atoms with Gasteiger partial charge in [-0.2, -0.15) is 0 Å². The summed E-state index contributed by atoms with van der Waals surface area (Å²) in [7, 11) is 0. The predicted octanol–water partition coefficient (Wildman–Crippen LogP) is 5.13. The van der Waals surface area contributed by atoms with Crippen LogP contribution in [-0.2, 0) is 27.4 Å². The van der Waals surface area contributed by atoms with Gasteiger partial charge >= 0.3 is 0 Å². The van der Waals surface area contributed by atoms with Crippen LogP contribution in [0.5, 0.6) is 0 Å². The normalized spacial score (nSPS) is 22.8. The number of nitrogens with zero attached hydrogens (tertiary/aromatic N) is 2. The number of anilines is 1. The standard InChI is InChI=1S/C24H25Cl2N3O4/c1-14-20(11-29-13-27-22(25)23(29)26)32-24(18-7-9-19(10-8-18)28-15(2)31)33-21(14)17-5-3-16(12-30)4-6-17/h3-10,13-14,20-21,24,30H,11-12H2,1-2H3,(H,28,31)/t14-,20+,21+,24+/m0/s1. The molecule has 3 aromatic rings. The summed E-state index contributed by atoms with van der Waals surface area (Å²) in [5.74, 6) is -0.152. The van der Waals surface area contributed by atoms with Crippen LogP contribution in [0.2, 0.25) is 10.3 Å². The molecule has 9 heteroatoms. The van der Waals surface area contributed by atoms with Gasteiger partial charge in [0.2, 0.25) is 5.91 Å². The van der Waals surface area contributed by atoms with Gasteiger partial charge < -0.3 is 24.5 Å². The maximum absolute atomic E-state index is 11.3. The van der Waals surface area contributed by atoms with E-state index in [1.807, 2.05) is 48.5 Å². The predicted molar refractivity (Wildman–Crippen MR) is 126 cm³/mol. The highest BCUT2D eigenvalue weighted by atomic mass is 35.5. The molecular formula is C24H25Cl2N3O4. The van der Waals surface area contributed by atoms with Crippen LogP contribution in [0.15, 0.2) is 54.9 Å². The van der Waals surface area contributed by atoms with Gasteiger partial charge in [0.25, 0.3) is 0 Å². The molecule has 0 bridgehead atoms. The molecule has 1 aromatic heterocycles. The molecule has 7 nitrogen and oxygen atoms in total. The maximum atomic E-state index is 11.3. The van der Waals surface area contributed by atoms with Crippen LogP contribution in [0.25, 0.3) is 0 Å². The summed E-state index contributed by atoms with van der Waals surface area (Å²) in [6, 6.07) is 15.1. The first-order valence-electron chi connectivity index (χ1n) is 10.6. The van der Waals surface area contributed by atoms with Crippen molar-refractivity contribution >= 4 is 34.8 Å². The molecule has 174 valence electrons. The van der Waals surface area contributed by atoms with E-state index in [4.69, 9.17) is 32.7 Å². The summed E-state index contributed by atoms with van der Waals surface area (Å²) < 4.78 is 14.5. The number of hydrogen-bond donors (Lipinski definition) is 2. The highest BCUT2D eigenvalue weighted by molar-refractivity contribution is 6.40. The topological polar surface area (TPSA) is 85.6 Å². The summed E-state index contributed by atoms with van der Waals surface area (Å²) in [5.41, 5.74) is 3.35. The molecule has 0 aliphatic carbocycles. The monoisotopic (exact) mass is 489 g/mol. The van der Waals surface area contributed by atoms with E-state index in [9.17, 15) is 9.90 Å². The van der Waals surface area contributed by atoms with Gasteiger partial charge in [0, 0.05) is 24.1 Å². The highest BCUT2D eigenvalue weighted by Gasteiger charge is 2.38. The molecule has 2 N–H and O–H groups in total. The van der Waals surface area contributed by atoms with Crippen LogP contribution in [0.4, 0.5) is 5.69 Å². The lowest BCUT2D eigenvalue weighted by atomic mass is 9.90.